The Hall–Kier alpha value is -0.770. The first-order valence-electron chi connectivity index (χ1n) is 5.87. The zero-order valence-electron chi connectivity index (χ0n) is 11.0. The lowest BCUT2D eigenvalue weighted by atomic mass is 10.1. The van der Waals surface area contributed by atoms with Crippen molar-refractivity contribution in [2.75, 3.05) is 6.54 Å². The minimum Gasteiger partial charge on any atom is -0.444 e. The molecule has 4 nitrogen and oxygen atoms in total. The minimum atomic E-state index is -0.442. The van der Waals surface area contributed by atoms with E-state index in [1.54, 1.807) is 4.90 Å². The van der Waals surface area contributed by atoms with Gasteiger partial charge in [-0.05, 0) is 47.5 Å². The van der Waals surface area contributed by atoms with Crippen LogP contribution in [0.1, 0.15) is 47.5 Å². The van der Waals surface area contributed by atoms with E-state index in [-0.39, 0.29) is 11.6 Å². The van der Waals surface area contributed by atoms with Crippen LogP contribution in [0.25, 0.3) is 0 Å². The van der Waals surface area contributed by atoms with Crippen molar-refractivity contribution in [3.05, 3.63) is 0 Å². The van der Waals surface area contributed by atoms with Gasteiger partial charge in [-0.1, -0.05) is 0 Å². The molecule has 2 N–H and O–H groups in total. The highest BCUT2D eigenvalue weighted by molar-refractivity contribution is 5.69. The molecule has 1 fully saturated rings. The van der Waals surface area contributed by atoms with Crippen LogP contribution in [0.5, 0.6) is 0 Å². The molecule has 1 saturated carbocycles. The Kier molecular flexibility index (Phi) is 3.53. The van der Waals surface area contributed by atoms with Gasteiger partial charge in [0.1, 0.15) is 5.60 Å². The molecule has 0 bridgehead atoms. The lowest BCUT2D eigenvalue weighted by Crippen LogP contribution is -2.49. The first kappa shape index (κ1) is 13.3. The maximum atomic E-state index is 12.0. The Balaban J connectivity index is 2.60. The quantitative estimate of drug-likeness (QED) is 0.805. The van der Waals surface area contributed by atoms with Crippen molar-refractivity contribution in [2.24, 2.45) is 5.73 Å². The molecule has 0 radical (unpaired) electrons. The van der Waals surface area contributed by atoms with E-state index in [1.165, 1.54) is 0 Å². The zero-order valence-corrected chi connectivity index (χ0v) is 11.0. The summed E-state index contributed by atoms with van der Waals surface area (Å²) in [6.45, 7) is 10.0. The fourth-order valence-electron chi connectivity index (χ4n) is 1.49. The van der Waals surface area contributed by atoms with Crippen molar-refractivity contribution in [2.45, 2.75) is 64.6 Å². The standard InChI is InChI=1S/C12H24N2O2/c1-11(2,3)16-10(15)14(9-6-7-9)8-12(4,5)13/h9H,6-8,13H2,1-5H3. The Morgan fingerprint density at radius 2 is 1.81 bits per heavy atom. The normalized spacial score (nSPS) is 17.1. The number of carbonyl (C=O) groups excluding carboxylic acids is 1. The molecule has 1 amide bonds. The van der Waals surface area contributed by atoms with E-state index in [0.717, 1.165) is 12.8 Å². The number of nitrogens with two attached hydrogens (primary N) is 1. The van der Waals surface area contributed by atoms with Gasteiger partial charge in [0.15, 0.2) is 0 Å². The molecule has 0 aromatic heterocycles. The highest BCUT2D eigenvalue weighted by Gasteiger charge is 2.37. The molecule has 1 rings (SSSR count). The van der Waals surface area contributed by atoms with Crippen LogP contribution in [0.3, 0.4) is 0 Å². The molecule has 0 heterocycles. The van der Waals surface area contributed by atoms with Gasteiger partial charge < -0.3 is 15.4 Å². The predicted molar refractivity (Wildman–Crippen MR) is 64.2 cm³/mol. The van der Waals surface area contributed by atoms with Crippen LogP contribution in [0.4, 0.5) is 4.79 Å². The van der Waals surface area contributed by atoms with Gasteiger partial charge in [0.25, 0.3) is 0 Å². The van der Waals surface area contributed by atoms with Crippen LogP contribution in [-0.2, 0) is 4.74 Å². The second kappa shape index (κ2) is 4.24. The highest BCUT2D eigenvalue weighted by Crippen LogP contribution is 2.29. The molecule has 0 saturated heterocycles. The van der Waals surface area contributed by atoms with E-state index >= 15 is 0 Å². The van der Waals surface area contributed by atoms with Crippen LogP contribution < -0.4 is 5.73 Å². The Bertz CT molecular complexity index is 259. The van der Waals surface area contributed by atoms with E-state index in [0.29, 0.717) is 12.6 Å². The highest BCUT2D eigenvalue weighted by atomic mass is 16.6. The summed E-state index contributed by atoms with van der Waals surface area (Å²) in [6, 6.07) is 0.331. The van der Waals surface area contributed by atoms with Crippen LogP contribution in [0.15, 0.2) is 0 Å². The molecule has 0 aliphatic heterocycles. The maximum Gasteiger partial charge on any atom is 0.410 e. The summed E-state index contributed by atoms with van der Waals surface area (Å²) in [6.07, 6.45) is 1.89. The minimum absolute atomic E-state index is 0.242. The molecule has 0 spiro atoms. The average molecular weight is 228 g/mol. The van der Waals surface area contributed by atoms with Gasteiger partial charge in [0, 0.05) is 18.1 Å². The zero-order chi connectivity index (χ0) is 12.6. The van der Waals surface area contributed by atoms with E-state index in [1.807, 2.05) is 34.6 Å². The third kappa shape index (κ3) is 4.84. The van der Waals surface area contributed by atoms with Crippen LogP contribution >= 0.6 is 0 Å². The topological polar surface area (TPSA) is 55.6 Å². The molecule has 1 aliphatic rings. The average Bonchev–Trinajstić information content (AvgIpc) is 2.76. The lowest BCUT2D eigenvalue weighted by molar-refractivity contribution is 0.0199. The summed E-state index contributed by atoms with van der Waals surface area (Å²) in [5, 5.41) is 0. The monoisotopic (exact) mass is 228 g/mol. The molecule has 1 aliphatic carbocycles. The van der Waals surface area contributed by atoms with Crippen LogP contribution in [0, 0.1) is 0 Å². The summed E-state index contributed by atoms with van der Waals surface area (Å²) >= 11 is 0. The van der Waals surface area contributed by atoms with E-state index in [9.17, 15) is 4.79 Å². The largest absolute Gasteiger partial charge is 0.444 e. The second-order valence-corrected chi connectivity index (χ2v) is 6.33. The molecule has 94 valence electrons. The van der Waals surface area contributed by atoms with Crippen molar-refractivity contribution in [3.63, 3.8) is 0 Å². The molecule has 4 heteroatoms. The van der Waals surface area contributed by atoms with Crippen molar-refractivity contribution in [1.82, 2.24) is 4.90 Å². The Labute approximate surface area is 98.1 Å². The number of ether oxygens (including phenoxy) is 1. The van der Waals surface area contributed by atoms with E-state index < -0.39 is 5.60 Å². The molecule has 16 heavy (non-hydrogen) atoms. The lowest BCUT2D eigenvalue weighted by Gasteiger charge is -2.32. The van der Waals surface area contributed by atoms with E-state index in [4.69, 9.17) is 10.5 Å². The van der Waals surface area contributed by atoms with Gasteiger partial charge in [-0.2, -0.15) is 0 Å². The van der Waals surface area contributed by atoms with Crippen molar-refractivity contribution in [3.8, 4) is 0 Å². The summed E-state index contributed by atoms with van der Waals surface area (Å²) in [5.41, 5.74) is 5.14. The molecule has 0 aromatic rings. The van der Waals surface area contributed by atoms with Gasteiger partial charge in [0.2, 0.25) is 0 Å². The fraction of sp³-hybridized carbons (Fsp3) is 0.917. The van der Waals surface area contributed by atoms with E-state index in [2.05, 4.69) is 0 Å². The molecular weight excluding hydrogens is 204 g/mol. The second-order valence-electron chi connectivity index (χ2n) is 6.33. The third-order valence-corrected chi connectivity index (χ3v) is 2.19. The van der Waals surface area contributed by atoms with Crippen LogP contribution in [-0.4, -0.2) is 34.7 Å². The van der Waals surface area contributed by atoms with Gasteiger partial charge in [0.05, 0.1) is 0 Å². The Morgan fingerprint density at radius 3 is 2.12 bits per heavy atom. The third-order valence-electron chi connectivity index (χ3n) is 2.19. The fourth-order valence-corrected chi connectivity index (χ4v) is 1.49. The van der Waals surface area contributed by atoms with Gasteiger partial charge in [-0.15, -0.1) is 0 Å². The van der Waals surface area contributed by atoms with Gasteiger partial charge in [-0.25, -0.2) is 4.79 Å². The summed E-state index contributed by atoms with van der Waals surface area (Å²) in [7, 11) is 0. The van der Waals surface area contributed by atoms with Crippen molar-refractivity contribution >= 4 is 6.09 Å². The van der Waals surface area contributed by atoms with Crippen molar-refractivity contribution in [1.29, 1.82) is 0 Å². The molecular formula is C12H24N2O2. The van der Waals surface area contributed by atoms with Crippen LogP contribution in [0.2, 0.25) is 0 Å². The SMILES string of the molecule is CC(C)(N)CN(C(=O)OC(C)(C)C)C1CC1. The molecule has 0 atom stereocenters. The van der Waals surface area contributed by atoms with Crippen molar-refractivity contribution < 1.29 is 9.53 Å². The molecule has 0 aromatic carbocycles. The number of carbonyl (C=O) groups is 1. The molecule has 0 unspecified atom stereocenters. The number of nitrogens with zero attached hydrogens (tertiary/aromatic N) is 1. The maximum absolute atomic E-state index is 12.0. The van der Waals surface area contributed by atoms with Gasteiger partial charge in [-0.3, -0.25) is 0 Å². The summed E-state index contributed by atoms with van der Waals surface area (Å²) in [5.74, 6) is 0. The smallest absolute Gasteiger partial charge is 0.410 e. The number of hydrogen-bond acceptors (Lipinski definition) is 3. The number of amides is 1. The summed E-state index contributed by atoms with van der Waals surface area (Å²) < 4.78 is 5.38. The Morgan fingerprint density at radius 1 is 1.31 bits per heavy atom. The first-order chi connectivity index (χ1) is 7.08. The van der Waals surface area contributed by atoms with Gasteiger partial charge >= 0.3 is 6.09 Å². The first-order valence-corrected chi connectivity index (χ1v) is 5.87. The predicted octanol–water partition coefficient (Wildman–Crippen LogP) is 2.12. The number of hydrogen-bond donors (Lipinski definition) is 1. The number of rotatable bonds is 3. The summed E-state index contributed by atoms with van der Waals surface area (Å²) in [4.78, 5) is 13.7.